The maximum absolute atomic E-state index is 3.46. The first kappa shape index (κ1) is 6.81. The van der Waals surface area contributed by atoms with Crippen LogP contribution in [0.3, 0.4) is 0 Å². The van der Waals surface area contributed by atoms with Crippen LogP contribution in [-0.4, -0.2) is 11.1 Å². The number of rotatable bonds is 0. The minimum absolute atomic E-state index is 0.198. The molecule has 0 amide bonds. The summed E-state index contributed by atoms with van der Waals surface area (Å²) in [6, 6.07) is 0. The first-order chi connectivity index (χ1) is 3.91. The lowest BCUT2D eigenvalue weighted by atomic mass is 10.1. The van der Waals surface area contributed by atoms with Gasteiger partial charge >= 0.3 is 0 Å². The highest BCUT2D eigenvalue weighted by atomic mass is 15.0. The Balaban J connectivity index is 2.71. The van der Waals surface area contributed by atoms with Crippen molar-refractivity contribution in [3.63, 3.8) is 0 Å². The Morgan fingerprint density at radius 2 is 1.22 bits per heavy atom. The topological polar surface area (TPSA) is 12.0 Å². The number of nitrogens with one attached hydrogen (secondary N) is 1. The van der Waals surface area contributed by atoms with E-state index in [0.717, 1.165) is 0 Å². The molecule has 0 aromatic carbocycles. The van der Waals surface area contributed by atoms with Crippen LogP contribution in [0.1, 0.15) is 27.7 Å². The normalized spacial score (nSPS) is 28.9. The van der Waals surface area contributed by atoms with Gasteiger partial charge in [-0.25, -0.2) is 0 Å². The lowest BCUT2D eigenvalue weighted by molar-refractivity contribution is 0.397. The van der Waals surface area contributed by atoms with Crippen LogP contribution in [0.25, 0.3) is 0 Å². The van der Waals surface area contributed by atoms with Gasteiger partial charge in [0.1, 0.15) is 0 Å². The third-order valence-corrected chi connectivity index (χ3v) is 1.56. The molecule has 52 valence electrons. The molecule has 0 atom stereocenters. The molecule has 0 bridgehead atoms. The van der Waals surface area contributed by atoms with Gasteiger partial charge in [0.2, 0.25) is 0 Å². The monoisotopic (exact) mass is 125 g/mol. The second-order valence-corrected chi connectivity index (χ2v) is 3.90. The average molecular weight is 125 g/mol. The molecule has 0 saturated heterocycles. The molecule has 1 heterocycles. The van der Waals surface area contributed by atoms with Crippen LogP contribution in [0, 0.1) is 0 Å². The van der Waals surface area contributed by atoms with Gasteiger partial charge in [0.05, 0.1) is 0 Å². The van der Waals surface area contributed by atoms with Crippen LogP contribution in [0.15, 0.2) is 12.2 Å². The van der Waals surface area contributed by atoms with Crippen LogP contribution in [0.2, 0.25) is 0 Å². The molecule has 1 rings (SSSR count). The molecule has 1 aliphatic heterocycles. The van der Waals surface area contributed by atoms with Gasteiger partial charge in [-0.3, -0.25) is 5.32 Å². The predicted octanol–water partition coefficient (Wildman–Crippen LogP) is 1.70. The van der Waals surface area contributed by atoms with Gasteiger partial charge in [0.15, 0.2) is 0 Å². The van der Waals surface area contributed by atoms with Gasteiger partial charge < -0.3 is 0 Å². The summed E-state index contributed by atoms with van der Waals surface area (Å²) in [5, 5.41) is 3.46. The molecule has 0 spiro atoms. The highest BCUT2D eigenvalue weighted by Crippen LogP contribution is 2.21. The largest absolute Gasteiger partial charge is 0.300 e. The van der Waals surface area contributed by atoms with Crippen molar-refractivity contribution in [2.45, 2.75) is 38.8 Å². The van der Waals surface area contributed by atoms with E-state index in [9.17, 15) is 0 Å². The maximum Gasteiger partial charge on any atom is 0.0315 e. The zero-order valence-electron chi connectivity index (χ0n) is 6.65. The fourth-order valence-corrected chi connectivity index (χ4v) is 1.33. The van der Waals surface area contributed by atoms with E-state index in [2.05, 4.69) is 45.2 Å². The third kappa shape index (κ3) is 1.55. The summed E-state index contributed by atoms with van der Waals surface area (Å²) in [6.45, 7) is 8.72. The van der Waals surface area contributed by atoms with Gasteiger partial charge in [0.25, 0.3) is 0 Å². The van der Waals surface area contributed by atoms with E-state index in [0.29, 0.717) is 0 Å². The molecule has 0 radical (unpaired) electrons. The van der Waals surface area contributed by atoms with Crippen molar-refractivity contribution in [3.05, 3.63) is 12.2 Å². The molecule has 0 unspecified atom stereocenters. The summed E-state index contributed by atoms with van der Waals surface area (Å²) in [5.74, 6) is 0. The van der Waals surface area contributed by atoms with Crippen molar-refractivity contribution in [1.82, 2.24) is 5.32 Å². The third-order valence-electron chi connectivity index (χ3n) is 1.56. The molecule has 0 fully saturated rings. The van der Waals surface area contributed by atoms with Gasteiger partial charge in [0, 0.05) is 11.1 Å². The van der Waals surface area contributed by atoms with Gasteiger partial charge in [-0.15, -0.1) is 0 Å². The Kier molecular flexibility index (Phi) is 1.21. The number of hydrogen-bond acceptors (Lipinski definition) is 1. The first-order valence-corrected chi connectivity index (χ1v) is 3.41. The smallest absolute Gasteiger partial charge is 0.0315 e. The SMILES string of the molecule is CC1(C)C=CC(C)(C)N1. The summed E-state index contributed by atoms with van der Waals surface area (Å²) in [7, 11) is 0. The fourth-order valence-electron chi connectivity index (χ4n) is 1.33. The first-order valence-electron chi connectivity index (χ1n) is 3.41. The van der Waals surface area contributed by atoms with E-state index in [1.807, 2.05) is 0 Å². The van der Waals surface area contributed by atoms with Crippen molar-refractivity contribution in [2.75, 3.05) is 0 Å². The standard InChI is InChI=1S/C8H15N/c1-7(2)5-6-8(3,4)9-7/h5-6,9H,1-4H3. The zero-order valence-corrected chi connectivity index (χ0v) is 6.65. The summed E-state index contributed by atoms with van der Waals surface area (Å²) in [4.78, 5) is 0. The Hall–Kier alpha value is -0.300. The molecule has 1 heteroatoms. The summed E-state index contributed by atoms with van der Waals surface area (Å²) in [5.41, 5.74) is 0.396. The fraction of sp³-hybridized carbons (Fsp3) is 0.750. The molecular weight excluding hydrogens is 110 g/mol. The van der Waals surface area contributed by atoms with Crippen molar-refractivity contribution >= 4 is 0 Å². The maximum atomic E-state index is 3.46. The van der Waals surface area contributed by atoms with Crippen LogP contribution >= 0.6 is 0 Å². The molecule has 0 aromatic heterocycles. The lowest BCUT2D eigenvalue weighted by Crippen LogP contribution is -2.44. The zero-order chi connectivity index (χ0) is 7.12. The Bertz CT molecular complexity index is 127. The van der Waals surface area contributed by atoms with Crippen LogP contribution in [0.5, 0.6) is 0 Å². The lowest BCUT2D eigenvalue weighted by Gasteiger charge is -2.25. The quantitative estimate of drug-likeness (QED) is 0.486. The van der Waals surface area contributed by atoms with Gasteiger partial charge in [-0.05, 0) is 27.7 Å². The Morgan fingerprint density at radius 1 is 0.889 bits per heavy atom. The molecule has 0 aromatic rings. The van der Waals surface area contributed by atoms with E-state index in [1.165, 1.54) is 0 Å². The van der Waals surface area contributed by atoms with E-state index < -0.39 is 0 Å². The van der Waals surface area contributed by atoms with Gasteiger partial charge in [-0.1, -0.05) is 12.2 Å². The van der Waals surface area contributed by atoms with Crippen molar-refractivity contribution < 1.29 is 0 Å². The predicted molar refractivity (Wildman–Crippen MR) is 40.4 cm³/mol. The van der Waals surface area contributed by atoms with E-state index in [-0.39, 0.29) is 11.1 Å². The second-order valence-electron chi connectivity index (χ2n) is 3.90. The Labute approximate surface area is 57.1 Å². The summed E-state index contributed by atoms with van der Waals surface area (Å²) in [6.07, 6.45) is 4.43. The summed E-state index contributed by atoms with van der Waals surface area (Å²) < 4.78 is 0. The van der Waals surface area contributed by atoms with E-state index >= 15 is 0 Å². The molecule has 1 nitrogen and oxygen atoms in total. The minimum atomic E-state index is 0.198. The van der Waals surface area contributed by atoms with Crippen molar-refractivity contribution in [1.29, 1.82) is 0 Å². The van der Waals surface area contributed by atoms with Crippen LogP contribution < -0.4 is 5.32 Å². The molecule has 9 heavy (non-hydrogen) atoms. The van der Waals surface area contributed by atoms with Crippen LogP contribution in [-0.2, 0) is 0 Å². The molecule has 0 saturated carbocycles. The second kappa shape index (κ2) is 1.60. The van der Waals surface area contributed by atoms with Crippen LogP contribution in [0.4, 0.5) is 0 Å². The van der Waals surface area contributed by atoms with E-state index in [4.69, 9.17) is 0 Å². The van der Waals surface area contributed by atoms with Crippen molar-refractivity contribution in [3.8, 4) is 0 Å². The van der Waals surface area contributed by atoms with E-state index in [1.54, 1.807) is 0 Å². The van der Waals surface area contributed by atoms with Gasteiger partial charge in [-0.2, -0.15) is 0 Å². The minimum Gasteiger partial charge on any atom is -0.300 e. The molecular formula is C8H15N. The van der Waals surface area contributed by atoms with Crippen molar-refractivity contribution in [2.24, 2.45) is 0 Å². The highest BCUT2D eigenvalue weighted by molar-refractivity contribution is 5.19. The summed E-state index contributed by atoms with van der Waals surface area (Å²) >= 11 is 0. The molecule has 1 N–H and O–H groups in total. The molecule has 1 aliphatic rings. The molecule has 0 aliphatic carbocycles. The number of hydrogen-bond donors (Lipinski definition) is 1. The Morgan fingerprint density at radius 3 is 1.33 bits per heavy atom. The average Bonchev–Trinajstić information content (AvgIpc) is 1.78. The highest BCUT2D eigenvalue weighted by Gasteiger charge is 2.28.